The molecule has 0 saturated carbocycles. The molecule has 2 rings (SSSR count). The Labute approximate surface area is 78.4 Å². The van der Waals surface area contributed by atoms with Crippen LogP contribution in [0.25, 0.3) is 5.78 Å². The maximum Gasteiger partial charge on any atom is 0.434 e. The maximum atomic E-state index is 13.0. The molecule has 2 aromatic heterocycles. The van der Waals surface area contributed by atoms with Crippen LogP contribution in [0, 0.1) is 5.82 Å². The van der Waals surface area contributed by atoms with E-state index < -0.39 is 29.0 Å². The van der Waals surface area contributed by atoms with Gasteiger partial charge in [-0.3, -0.25) is 4.79 Å². The summed E-state index contributed by atoms with van der Waals surface area (Å²) in [4.78, 5) is 16.0. The topological polar surface area (TPSA) is 63.0 Å². The highest BCUT2D eigenvalue weighted by Crippen LogP contribution is 2.28. The minimum atomic E-state index is -4.98. The van der Waals surface area contributed by atoms with Gasteiger partial charge in [0.1, 0.15) is 6.33 Å². The molecule has 0 bridgehead atoms. The van der Waals surface area contributed by atoms with Crippen LogP contribution in [-0.2, 0) is 6.18 Å². The van der Waals surface area contributed by atoms with E-state index in [4.69, 9.17) is 0 Å². The highest BCUT2D eigenvalue weighted by molar-refractivity contribution is 5.27. The number of fused-ring (bicyclic) bond motifs is 1. The molecular formula is C6H2F4N4O. The Hall–Kier alpha value is -1.93. The summed E-state index contributed by atoms with van der Waals surface area (Å²) in [6.07, 6.45) is -4.14. The zero-order valence-electron chi connectivity index (χ0n) is 6.84. The van der Waals surface area contributed by atoms with Gasteiger partial charge in [0.25, 0.3) is 0 Å². The van der Waals surface area contributed by atoms with Crippen molar-refractivity contribution in [3.05, 3.63) is 28.2 Å². The monoisotopic (exact) mass is 222 g/mol. The van der Waals surface area contributed by atoms with Crippen molar-refractivity contribution in [3.63, 3.8) is 0 Å². The number of nitrogens with one attached hydrogen (secondary N) is 1. The molecule has 5 nitrogen and oxygen atoms in total. The molecule has 0 unspecified atom stereocenters. The Morgan fingerprint density at radius 1 is 1.40 bits per heavy atom. The standard InChI is InChI=1S/C6H2F4N4O/c7-2-3(6(8,9)10)13-5-11-1-12-14(5)4(2)15/h1H,(H,11,12,13). The van der Waals surface area contributed by atoms with Crippen LogP contribution in [0.4, 0.5) is 17.6 Å². The predicted octanol–water partition coefficient (Wildman–Crippen LogP) is 0.575. The van der Waals surface area contributed by atoms with Crippen LogP contribution in [0.1, 0.15) is 5.69 Å². The molecule has 15 heavy (non-hydrogen) atoms. The first-order valence-electron chi connectivity index (χ1n) is 3.60. The minimum absolute atomic E-state index is 0.407. The first-order valence-corrected chi connectivity index (χ1v) is 3.60. The van der Waals surface area contributed by atoms with Gasteiger partial charge in [-0.05, 0) is 0 Å². The summed E-state index contributed by atoms with van der Waals surface area (Å²) in [6.45, 7) is 0. The van der Waals surface area contributed by atoms with Gasteiger partial charge in [0.2, 0.25) is 11.6 Å². The normalized spacial score (nSPS) is 12.3. The average Bonchev–Trinajstić information content (AvgIpc) is 2.57. The van der Waals surface area contributed by atoms with Gasteiger partial charge in [0, 0.05) is 0 Å². The Balaban J connectivity index is 2.88. The largest absolute Gasteiger partial charge is 0.434 e. The van der Waals surface area contributed by atoms with Crippen LogP contribution >= 0.6 is 0 Å². The van der Waals surface area contributed by atoms with Crippen molar-refractivity contribution in [2.45, 2.75) is 6.18 Å². The van der Waals surface area contributed by atoms with Crippen LogP contribution in [0.15, 0.2) is 11.1 Å². The molecule has 0 fully saturated rings. The summed E-state index contributed by atoms with van der Waals surface area (Å²) in [5.41, 5.74) is -3.25. The number of rotatable bonds is 0. The van der Waals surface area contributed by atoms with Crippen molar-refractivity contribution in [2.75, 3.05) is 0 Å². The SMILES string of the molecule is O=c1c(F)c(C(F)(F)F)[nH]c2ncnn12. The van der Waals surface area contributed by atoms with Gasteiger partial charge in [0.15, 0.2) is 5.69 Å². The number of halogens is 4. The van der Waals surface area contributed by atoms with Crippen molar-refractivity contribution in [2.24, 2.45) is 0 Å². The zero-order valence-corrected chi connectivity index (χ0v) is 6.84. The number of aromatic nitrogens is 4. The summed E-state index contributed by atoms with van der Waals surface area (Å²) >= 11 is 0. The molecule has 9 heteroatoms. The zero-order chi connectivity index (χ0) is 11.2. The van der Waals surface area contributed by atoms with Crippen LogP contribution in [-0.4, -0.2) is 19.6 Å². The lowest BCUT2D eigenvalue weighted by molar-refractivity contribution is -0.143. The quantitative estimate of drug-likeness (QED) is 0.663. The number of aromatic amines is 1. The number of H-pyrrole nitrogens is 1. The van der Waals surface area contributed by atoms with Gasteiger partial charge in [-0.15, -0.1) is 0 Å². The lowest BCUT2D eigenvalue weighted by atomic mass is 10.4. The maximum absolute atomic E-state index is 13.0. The van der Waals surface area contributed by atoms with E-state index in [1.165, 1.54) is 0 Å². The average molecular weight is 222 g/mol. The molecule has 0 saturated heterocycles. The van der Waals surface area contributed by atoms with Gasteiger partial charge < -0.3 is 4.98 Å². The second-order valence-electron chi connectivity index (χ2n) is 2.61. The van der Waals surface area contributed by atoms with Gasteiger partial charge >= 0.3 is 11.7 Å². The summed E-state index contributed by atoms with van der Waals surface area (Å²) in [5.74, 6) is -2.39. The molecule has 0 radical (unpaired) electrons. The predicted molar refractivity (Wildman–Crippen MR) is 38.6 cm³/mol. The van der Waals surface area contributed by atoms with E-state index in [1.807, 2.05) is 0 Å². The van der Waals surface area contributed by atoms with Crippen LogP contribution in [0.5, 0.6) is 0 Å². The highest BCUT2D eigenvalue weighted by Gasteiger charge is 2.37. The van der Waals surface area contributed by atoms with E-state index in [0.29, 0.717) is 4.52 Å². The van der Waals surface area contributed by atoms with Crippen LogP contribution in [0.3, 0.4) is 0 Å². The third-order valence-electron chi connectivity index (χ3n) is 1.67. The number of alkyl halides is 3. The first kappa shape index (κ1) is 9.62. The molecule has 2 aromatic rings. The molecule has 0 atom stereocenters. The third kappa shape index (κ3) is 1.35. The second kappa shape index (κ2) is 2.78. The molecule has 0 aliphatic carbocycles. The molecule has 1 N–H and O–H groups in total. The van der Waals surface area contributed by atoms with E-state index in [9.17, 15) is 22.4 Å². The van der Waals surface area contributed by atoms with Crippen LogP contribution in [0.2, 0.25) is 0 Å². The number of hydrogen-bond acceptors (Lipinski definition) is 3. The van der Waals surface area contributed by atoms with Crippen LogP contribution < -0.4 is 5.56 Å². The van der Waals surface area contributed by atoms with E-state index in [2.05, 4.69) is 10.1 Å². The fourth-order valence-electron chi connectivity index (χ4n) is 1.04. The van der Waals surface area contributed by atoms with Crippen molar-refractivity contribution < 1.29 is 17.6 Å². The molecular weight excluding hydrogens is 220 g/mol. The van der Waals surface area contributed by atoms with Gasteiger partial charge in [-0.2, -0.15) is 32.2 Å². The molecule has 0 spiro atoms. The molecule has 0 aliphatic heterocycles. The van der Waals surface area contributed by atoms with E-state index in [1.54, 1.807) is 4.98 Å². The van der Waals surface area contributed by atoms with Crippen molar-refractivity contribution in [3.8, 4) is 0 Å². The molecule has 2 heterocycles. The Bertz CT molecular complexity index is 568. The Morgan fingerprint density at radius 2 is 2.07 bits per heavy atom. The third-order valence-corrected chi connectivity index (χ3v) is 1.67. The van der Waals surface area contributed by atoms with Gasteiger partial charge in [-0.1, -0.05) is 0 Å². The van der Waals surface area contributed by atoms with Crippen molar-refractivity contribution in [1.82, 2.24) is 19.6 Å². The van der Waals surface area contributed by atoms with Crippen molar-refractivity contribution >= 4 is 5.78 Å². The minimum Gasteiger partial charge on any atom is -0.317 e. The molecule has 0 aromatic carbocycles. The van der Waals surface area contributed by atoms with E-state index >= 15 is 0 Å². The van der Waals surface area contributed by atoms with E-state index in [-0.39, 0.29) is 0 Å². The van der Waals surface area contributed by atoms with E-state index in [0.717, 1.165) is 6.33 Å². The lowest BCUT2D eigenvalue weighted by Crippen LogP contribution is -2.25. The van der Waals surface area contributed by atoms with Gasteiger partial charge in [0.05, 0.1) is 0 Å². The fourth-order valence-corrected chi connectivity index (χ4v) is 1.04. The van der Waals surface area contributed by atoms with Crippen molar-refractivity contribution in [1.29, 1.82) is 0 Å². The Kier molecular flexibility index (Phi) is 1.78. The number of nitrogens with zero attached hydrogens (tertiary/aromatic N) is 3. The second-order valence-corrected chi connectivity index (χ2v) is 2.61. The smallest absolute Gasteiger partial charge is 0.317 e. The summed E-state index contributed by atoms with van der Waals surface area (Å²) in [6, 6.07) is 0. The summed E-state index contributed by atoms with van der Waals surface area (Å²) in [5, 5.41) is 3.26. The summed E-state index contributed by atoms with van der Waals surface area (Å²) in [7, 11) is 0. The molecule has 0 aliphatic rings. The highest BCUT2D eigenvalue weighted by atomic mass is 19.4. The Morgan fingerprint density at radius 3 is 2.67 bits per heavy atom. The lowest BCUT2D eigenvalue weighted by Gasteiger charge is -2.06. The number of hydrogen-bond donors (Lipinski definition) is 1. The summed E-state index contributed by atoms with van der Waals surface area (Å²) < 4.78 is 49.9. The molecule has 80 valence electrons. The van der Waals surface area contributed by atoms with Gasteiger partial charge in [-0.25, -0.2) is 0 Å². The molecule has 0 amide bonds. The fraction of sp³-hybridized carbons (Fsp3) is 0.167. The first-order chi connectivity index (χ1) is 6.91.